The fourth-order valence-corrected chi connectivity index (χ4v) is 7.16. The highest BCUT2D eigenvalue weighted by molar-refractivity contribution is 7.86. The predicted octanol–water partition coefficient (Wildman–Crippen LogP) is 1.37. The molecule has 4 fully saturated rings. The van der Waals surface area contributed by atoms with Crippen molar-refractivity contribution in [3.63, 3.8) is 0 Å². The first kappa shape index (κ1) is 22.0. The number of nitrogens with zero attached hydrogens (tertiary/aromatic N) is 3. The number of hydrogen-bond donors (Lipinski definition) is 2. The van der Waals surface area contributed by atoms with Gasteiger partial charge in [0.2, 0.25) is 0 Å². The largest absolute Gasteiger partial charge is 0.360 e. The first-order valence-corrected chi connectivity index (χ1v) is 12.1. The van der Waals surface area contributed by atoms with E-state index in [1.807, 2.05) is 0 Å². The molecule has 5 rings (SSSR count). The van der Waals surface area contributed by atoms with Crippen molar-refractivity contribution in [2.45, 2.75) is 81.5 Å². The Balaban J connectivity index is 0.00000218. The molecule has 3 saturated heterocycles. The highest BCUT2D eigenvalue weighted by atomic mass is 35.5. The van der Waals surface area contributed by atoms with Gasteiger partial charge in [0.15, 0.2) is 5.69 Å². The van der Waals surface area contributed by atoms with E-state index in [-0.39, 0.29) is 42.5 Å². The molecule has 1 aromatic heterocycles. The molecule has 4 aliphatic rings. The minimum Gasteiger partial charge on any atom is -0.360 e. The average molecular weight is 460 g/mol. The Morgan fingerprint density at radius 3 is 2.33 bits per heavy atom. The minimum absolute atomic E-state index is 0. The molecule has 3 atom stereocenters. The van der Waals surface area contributed by atoms with Crippen LogP contribution in [0.15, 0.2) is 10.6 Å². The molecule has 168 valence electrons. The van der Waals surface area contributed by atoms with Gasteiger partial charge in [-0.05, 0) is 51.4 Å². The van der Waals surface area contributed by atoms with E-state index < -0.39 is 10.2 Å². The van der Waals surface area contributed by atoms with Gasteiger partial charge in [-0.1, -0.05) is 5.16 Å². The van der Waals surface area contributed by atoms with Gasteiger partial charge >= 0.3 is 0 Å². The van der Waals surface area contributed by atoms with Gasteiger partial charge < -0.3 is 15.6 Å². The zero-order chi connectivity index (χ0) is 20.2. The average Bonchev–Trinajstić information content (AvgIpc) is 3.34. The van der Waals surface area contributed by atoms with Crippen molar-refractivity contribution in [2.75, 3.05) is 13.1 Å². The van der Waals surface area contributed by atoms with Gasteiger partial charge in [0.05, 0.1) is 0 Å². The maximum atomic E-state index is 13.2. The standard InChI is InChI=1S/C19H29N5O4S.ClH/c20-13-5-7-23(8-6-13)29(26,27)24-15-3-4-16(24)10-14(9-15)21-19(25)17-11-18(28-22-17)12-1-2-12;/h11-16H,1-10,20H2,(H,21,25);1H/t14-,15-,16+;. The van der Waals surface area contributed by atoms with Crippen molar-refractivity contribution in [3.05, 3.63) is 17.5 Å². The van der Waals surface area contributed by atoms with E-state index >= 15 is 0 Å². The number of amides is 1. The molecule has 1 aliphatic carbocycles. The highest BCUT2D eigenvalue weighted by Gasteiger charge is 2.49. The second-order valence-electron chi connectivity index (χ2n) is 8.99. The summed E-state index contributed by atoms with van der Waals surface area (Å²) < 4.78 is 35.1. The zero-order valence-electron chi connectivity index (χ0n) is 16.9. The number of carbonyl (C=O) groups excluding carboxylic acids is 1. The van der Waals surface area contributed by atoms with E-state index in [9.17, 15) is 13.2 Å². The number of hydrogen-bond acceptors (Lipinski definition) is 6. The Kier molecular flexibility index (Phi) is 6.15. The van der Waals surface area contributed by atoms with Crippen LogP contribution < -0.4 is 11.1 Å². The van der Waals surface area contributed by atoms with E-state index in [0.717, 1.165) is 31.4 Å². The van der Waals surface area contributed by atoms with Crippen LogP contribution in [0.5, 0.6) is 0 Å². The monoisotopic (exact) mass is 459 g/mol. The Morgan fingerprint density at radius 1 is 1.10 bits per heavy atom. The summed E-state index contributed by atoms with van der Waals surface area (Å²) in [5.74, 6) is 0.974. The van der Waals surface area contributed by atoms with Gasteiger partial charge in [0.25, 0.3) is 16.1 Å². The van der Waals surface area contributed by atoms with Gasteiger partial charge in [-0.2, -0.15) is 17.0 Å². The summed E-state index contributed by atoms with van der Waals surface area (Å²) in [5, 5.41) is 6.96. The number of nitrogens with two attached hydrogens (primary N) is 1. The van der Waals surface area contributed by atoms with Crippen molar-refractivity contribution in [3.8, 4) is 0 Å². The number of halogens is 1. The van der Waals surface area contributed by atoms with Crippen LogP contribution >= 0.6 is 12.4 Å². The van der Waals surface area contributed by atoms with E-state index in [1.165, 1.54) is 0 Å². The second kappa shape index (κ2) is 8.38. The van der Waals surface area contributed by atoms with E-state index in [0.29, 0.717) is 50.4 Å². The van der Waals surface area contributed by atoms with E-state index in [1.54, 1.807) is 14.7 Å². The summed E-state index contributed by atoms with van der Waals surface area (Å²) in [6.45, 7) is 0.990. The third kappa shape index (κ3) is 4.12. The van der Waals surface area contributed by atoms with Crippen molar-refractivity contribution in [1.82, 2.24) is 19.1 Å². The Labute approximate surface area is 183 Å². The molecule has 1 amide bonds. The molecule has 0 spiro atoms. The Hall–Kier alpha value is -1.20. The Morgan fingerprint density at radius 2 is 1.73 bits per heavy atom. The molecule has 0 unspecified atom stereocenters. The first-order chi connectivity index (χ1) is 13.9. The predicted molar refractivity (Wildman–Crippen MR) is 113 cm³/mol. The van der Waals surface area contributed by atoms with E-state index in [2.05, 4.69) is 10.5 Å². The van der Waals surface area contributed by atoms with Crippen LogP contribution in [0, 0.1) is 0 Å². The van der Waals surface area contributed by atoms with Crippen LogP contribution in [0.25, 0.3) is 0 Å². The number of fused-ring (bicyclic) bond motifs is 2. The summed E-state index contributed by atoms with van der Waals surface area (Å²) in [5.41, 5.74) is 6.25. The second-order valence-corrected chi connectivity index (χ2v) is 10.8. The SMILES string of the molecule is Cl.NC1CCN(S(=O)(=O)N2[C@@H]3CC[C@H]2C[C@H](NC(=O)c2cc(C4CC4)on2)C3)CC1. The third-order valence-corrected chi connectivity index (χ3v) is 8.98. The van der Waals surface area contributed by atoms with Gasteiger partial charge in [0, 0.05) is 49.2 Å². The van der Waals surface area contributed by atoms with Crippen molar-refractivity contribution >= 4 is 28.5 Å². The lowest BCUT2D eigenvalue weighted by Gasteiger charge is -2.41. The molecule has 11 heteroatoms. The number of carbonyl (C=O) groups is 1. The van der Waals surface area contributed by atoms with Crippen LogP contribution in [0.1, 0.15) is 73.5 Å². The quantitative estimate of drug-likeness (QED) is 0.685. The molecule has 0 radical (unpaired) electrons. The van der Waals surface area contributed by atoms with Gasteiger partial charge in [-0.15, -0.1) is 12.4 Å². The molecule has 9 nitrogen and oxygen atoms in total. The van der Waals surface area contributed by atoms with Crippen molar-refractivity contribution < 1.29 is 17.7 Å². The fourth-order valence-electron chi connectivity index (χ4n) is 5.08. The lowest BCUT2D eigenvalue weighted by atomic mass is 9.99. The van der Waals surface area contributed by atoms with Crippen molar-refractivity contribution in [1.29, 1.82) is 0 Å². The van der Waals surface area contributed by atoms with Crippen LogP contribution in [0.2, 0.25) is 0 Å². The maximum absolute atomic E-state index is 13.2. The topological polar surface area (TPSA) is 122 Å². The number of nitrogens with one attached hydrogen (secondary N) is 1. The fraction of sp³-hybridized carbons (Fsp3) is 0.789. The molecule has 30 heavy (non-hydrogen) atoms. The molecular weight excluding hydrogens is 430 g/mol. The summed E-state index contributed by atoms with van der Waals surface area (Å²) in [6, 6.07) is 1.68. The number of aromatic nitrogens is 1. The Bertz CT molecular complexity index is 867. The van der Waals surface area contributed by atoms with Gasteiger partial charge in [-0.3, -0.25) is 4.79 Å². The lowest BCUT2D eigenvalue weighted by molar-refractivity contribution is 0.0897. The smallest absolute Gasteiger partial charge is 0.282 e. The summed E-state index contributed by atoms with van der Waals surface area (Å²) in [7, 11) is -3.48. The van der Waals surface area contributed by atoms with Crippen LogP contribution in [-0.2, 0) is 10.2 Å². The maximum Gasteiger partial charge on any atom is 0.282 e. The molecule has 0 aromatic carbocycles. The van der Waals surface area contributed by atoms with Crippen LogP contribution in [-0.4, -0.2) is 65.3 Å². The van der Waals surface area contributed by atoms with Gasteiger partial charge in [0.1, 0.15) is 5.76 Å². The lowest BCUT2D eigenvalue weighted by Crippen LogP contribution is -2.57. The molecule has 1 saturated carbocycles. The molecule has 4 heterocycles. The van der Waals surface area contributed by atoms with Crippen LogP contribution in [0.3, 0.4) is 0 Å². The number of rotatable bonds is 5. The molecule has 1 aromatic rings. The highest BCUT2D eigenvalue weighted by Crippen LogP contribution is 2.41. The third-order valence-electron chi connectivity index (χ3n) is 6.83. The molecule has 3 N–H and O–H groups in total. The first-order valence-electron chi connectivity index (χ1n) is 10.7. The van der Waals surface area contributed by atoms with E-state index in [4.69, 9.17) is 10.3 Å². The van der Waals surface area contributed by atoms with Gasteiger partial charge in [-0.25, -0.2) is 0 Å². The molecule has 3 aliphatic heterocycles. The minimum atomic E-state index is -3.48. The summed E-state index contributed by atoms with van der Waals surface area (Å²) in [6.07, 6.45) is 6.58. The molecular formula is C19H30ClN5O4S. The van der Waals surface area contributed by atoms with Crippen LogP contribution in [0.4, 0.5) is 0 Å². The number of piperidine rings is 2. The molecule has 2 bridgehead atoms. The van der Waals surface area contributed by atoms with Crippen molar-refractivity contribution in [2.24, 2.45) is 5.73 Å². The summed E-state index contributed by atoms with van der Waals surface area (Å²) in [4.78, 5) is 12.6. The zero-order valence-corrected chi connectivity index (χ0v) is 18.5. The normalized spacial score (nSPS) is 30.8. The summed E-state index contributed by atoms with van der Waals surface area (Å²) >= 11 is 0.